The SMILES string of the molecule is CC(C)Pc1ccccc1-c1ccccc1-c1ccccc1. The monoisotopic (exact) mass is 304 g/mol. The lowest BCUT2D eigenvalue weighted by Crippen LogP contribution is -2.04. The largest absolute Gasteiger partial charge is 0.0871 e. The van der Waals surface area contributed by atoms with Crippen LogP contribution in [0.2, 0.25) is 0 Å². The molecule has 0 amide bonds. The van der Waals surface area contributed by atoms with E-state index in [1.54, 1.807) is 0 Å². The fraction of sp³-hybridized carbons (Fsp3) is 0.143. The normalized spacial score (nSPS) is 11.4. The summed E-state index contributed by atoms with van der Waals surface area (Å²) in [5, 5.41) is 1.46. The molecule has 0 fully saturated rings. The summed E-state index contributed by atoms with van der Waals surface area (Å²) in [5.74, 6) is 0. The molecule has 1 atom stereocenters. The highest BCUT2D eigenvalue weighted by molar-refractivity contribution is 7.48. The van der Waals surface area contributed by atoms with Crippen LogP contribution in [0.15, 0.2) is 78.9 Å². The van der Waals surface area contributed by atoms with Crippen LogP contribution in [-0.2, 0) is 0 Å². The van der Waals surface area contributed by atoms with Crippen LogP contribution in [0, 0.1) is 0 Å². The Morgan fingerprint density at radius 3 is 1.82 bits per heavy atom. The van der Waals surface area contributed by atoms with Crippen LogP contribution in [0.25, 0.3) is 22.3 Å². The molecule has 0 spiro atoms. The molecule has 0 radical (unpaired) electrons. The number of rotatable bonds is 4. The van der Waals surface area contributed by atoms with Gasteiger partial charge in [0.2, 0.25) is 0 Å². The Bertz CT molecular complexity index is 745. The van der Waals surface area contributed by atoms with Crippen molar-refractivity contribution in [1.29, 1.82) is 0 Å². The smallest absolute Gasteiger partial charge is 0.00991 e. The predicted octanol–water partition coefficient (Wildman–Crippen LogP) is 5.73. The second-order valence-electron chi connectivity index (χ2n) is 5.76. The highest BCUT2D eigenvalue weighted by Crippen LogP contribution is 2.33. The van der Waals surface area contributed by atoms with Gasteiger partial charge in [-0.25, -0.2) is 0 Å². The van der Waals surface area contributed by atoms with Gasteiger partial charge in [-0.2, -0.15) is 0 Å². The van der Waals surface area contributed by atoms with E-state index in [9.17, 15) is 0 Å². The Morgan fingerprint density at radius 1 is 0.591 bits per heavy atom. The Morgan fingerprint density at radius 2 is 1.14 bits per heavy atom. The van der Waals surface area contributed by atoms with Crippen LogP contribution in [0.4, 0.5) is 0 Å². The zero-order valence-electron chi connectivity index (χ0n) is 13.1. The zero-order valence-corrected chi connectivity index (χ0v) is 14.1. The summed E-state index contributed by atoms with van der Waals surface area (Å²) in [6.07, 6.45) is 0. The molecule has 0 aliphatic carbocycles. The minimum Gasteiger partial charge on any atom is -0.0871 e. The Balaban J connectivity index is 2.14. The van der Waals surface area contributed by atoms with E-state index in [0.717, 1.165) is 8.58 Å². The Kier molecular flexibility index (Phi) is 4.71. The van der Waals surface area contributed by atoms with Gasteiger partial charge in [-0.15, -0.1) is 0 Å². The number of hydrogen-bond acceptors (Lipinski definition) is 0. The molecule has 0 heterocycles. The summed E-state index contributed by atoms with van der Waals surface area (Å²) in [5.41, 5.74) is 5.97. The van der Waals surface area contributed by atoms with Gasteiger partial charge < -0.3 is 0 Å². The Labute approximate surface area is 135 Å². The summed E-state index contributed by atoms with van der Waals surface area (Å²) >= 11 is 0. The van der Waals surface area contributed by atoms with Crippen LogP contribution in [0.3, 0.4) is 0 Å². The van der Waals surface area contributed by atoms with Gasteiger partial charge in [0.25, 0.3) is 0 Å². The highest BCUT2D eigenvalue weighted by Gasteiger charge is 2.11. The van der Waals surface area contributed by atoms with Crippen molar-refractivity contribution in [3.8, 4) is 22.3 Å². The lowest BCUT2D eigenvalue weighted by molar-refractivity contribution is 1.11. The van der Waals surface area contributed by atoms with Crippen LogP contribution in [-0.4, -0.2) is 5.66 Å². The third-order valence-corrected chi connectivity index (χ3v) is 5.00. The lowest BCUT2D eigenvalue weighted by Gasteiger charge is -2.15. The fourth-order valence-electron chi connectivity index (χ4n) is 2.74. The molecule has 3 rings (SSSR count). The highest BCUT2D eigenvalue weighted by atomic mass is 31.1. The maximum Gasteiger partial charge on any atom is -0.00991 e. The van der Waals surface area contributed by atoms with E-state index >= 15 is 0 Å². The van der Waals surface area contributed by atoms with Crippen molar-refractivity contribution in [2.24, 2.45) is 0 Å². The third kappa shape index (κ3) is 3.29. The standard InChI is InChI=1S/C21H21P/c1-16(2)22-21-15-9-8-14-20(21)19-13-7-6-12-18(19)17-10-4-3-5-11-17/h3-16,22H,1-2H3. The maximum atomic E-state index is 2.29. The number of hydrogen-bond donors (Lipinski definition) is 0. The quantitative estimate of drug-likeness (QED) is 0.540. The van der Waals surface area contributed by atoms with Gasteiger partial charge in [-0.1, -0.05) is 101 Å². The molecule has 0 aliphatic heterocycles. The molecule has 0 bridgehead atoms. The molecule has 0 saturated carbocycles. The van der Waals surface area contributed by atoms with Crippen LogP contribution < -0.4 is 5.30 Å². The van der Waals surface area contributed by atoms with E-state index in [4.69, 9.17) is 0 Å². The molecular formula is C21H21P. The van der Waals surface area contributed by atoms with E-state index in [0.29, 0.717) is 5.66 Å². The molecule has 1 unspecified atom stereocenters. The van der Waals surface area contributed by atoms with Gasteiger partial charge in [-0.05, 0) is 33.2 Å². The van der Waals surface area contributed by atoms with Gasteiger partial charge in [0, 0.05) is 0 Å². The maximum absolute atomic E-state index is 2.29. The molecule has 1 heteroatoms. The van der Waals surface area contributed by atoms with Crippen molar-refractivity contribution in [2.75, 3.05) is 0 Å². The number of benzene rings is 3. The zero-order chi connectivity index (χ0) is 15.4. The van der Waals surface area contributed by atoms with E-state index in [-0.39, 0.29) is 0 Å². The average molecular weight is 304 g/mol. The van der Waals surface area contributed by atoms with Gasteiger partial charge >= 0.3 is 0 Å². The van der Waals surface area contributed by atoms with Gasteiger partial charge in [-0.3, -0.25) is 0 Å². The predicted molar refractivity (Wildman–Crippen MR) is 100 cm³/mol. The molecular weight excluding hydrogens is 283 g/mol. The van der Waals surface area contributed by atoms with Gasteiger partial charge in [0.15, 0.2) is 0 Å². The van der Waals surface area contributed by atoms with E-state index in [2.05, 4.69) is 92.7 Å². The second kappa shape index (κ2) is 6.90. The van der Waals surface area contributed by atoms with Crippen molar-refractivity contribution in [1.82, 2.24) is 0 Å². The van der Waals surface area contributed by atoms with Crippen LogP contribution in [0.5, 0.6) is 0 Å². The summed E-state index contributed by atoms with van der Waals surface area (Å²) in [4.78, 5) is 0. The summed E-state index contributed by atoms with van der Waals surface area (Å²) < 4.78 is 0. The van der Waals surface area contributed by atoms with E-state index in [1.165, 1.54) is 27.6 Å². The topological polar surface area (TPSA) is 0 Å². The Hall–Kier alpha value is -1.91. The molecule has 0 N–H and O–H groups in total. The average Bonchev–Trinajstić information content (AvgIpc) is 2.56. The summed E-state index contributed by atoms with van der Waals surface area (Å²) in [7, 11) is 0.839. The molecule has 0 aliphatic rings. The van der Waals surface area contributed by atoms with E-state index in [1.807, 2.05) is 0 Å². The third-order valence-electron chi connectivity index (χ3n) is 3.67. The van der Waals surface area contributed by atoms with Crippen molar-refractivity contribution >= 4 is 13.9 Å². The van der Waals surface area contributed by atoms with Gasteiger partial charge in [0.05, 0.1) is 0 Å². The van der Waals surface area contributed by atoms with Crippen molar-refractivity contribution in [2.45, 2.75) is 19.5 Å². The second-order valence-corrected chi connectivity index (χ2v) is 7.74. The molecule has 0 aromatic heterocycles. The fourth-order valence-corrected chi connectivity index (χ4v) is 3.93. The molecule has 3 aromatic rings. The van der Waals surface area contributed by atoms with Gasteiger partial charge in [0.1, 0.15) is 0 Å². The van der Waals surface area contributed by atoms with Crippen LogP contribution in [0.1, 0.15) is 13.8 Å². The van der Waals surface area contributed by atoms with Crippen molar-refractivity contribution < 1.29 is 0 Å². The molecule has 0 saturated heterocycles. The minimum absolute atomic E-state index is 0.685. The molecule has 3 aromatic carbocycles. The summed E-state index contributed by atoms with van der Waals surface area (Å²) in [6.45, 7) is 4.58. The first kappa shape index (κ1) is 15.0. The molecule has 110 valence electrons. The van der Waals surface area contributed by atoms with Crippen LogP contribution >= 0.6 is 8.58 Å². The first-order valence-corrected chi connectivity index (χ1v) is 8.84. The van der Waals surface area contributed by atoms with Crippen molar-refractivity contribution in [3.63, 3.8) is 0 Å². The first-order valence-electron chi connectivity index (χ1n) is 7.76. The minimum atomic E-state index is 0.685. The molecule has 22 heavy (non-hydrogen) atoms. The van der Waals surface area contributed by atoms with E-state index < -0.39 is 0 Å². The van der Waals surface area contributed by atoms with Crippen molar-refractivity contribution in [3.05, 3.63) is 78.9 Å². The first-order chi connectivity index (χ1) is 10.8. The lowest BCUT2D eigenvalue weighted by atomic mass is 9.95. The molecule has 0 nitrogen and oxygen atoms in total. The summed E-state index contributed by atoms with van der Waals surface area (Å²) in [6, 6.07) is 28.2.